The molecule has 1 saturated heterocycles. The standard InChI is InChI=1S/C18H28N2O4S/c1-14(2)24-13-16-6-4-5-15(11-16)12-19-18(21)17-7-9-20(10-8-17)25(3,22)23/h4-6,11,14,17H,7-10,12-13H2,1-3H3,(H,19,21). The first-order chi connectivity index (χ1) is 11.8. The summed E-state index contributed by atoms with van der Waals surface area (Å²) in [6.45, 7) is 5.86. The van der Waals surface area contributed by atoms with E-state index in [1.54, 1.807) is 0 Å². The number of carbonyl (C=O) groups excluding carboxylic acids is 1. The summed E-state index contributed by atoms with van der Waals surface area (Å²) in [5.41, 5.74) is 2.12. The first kappa shape index (κ1) is 19.9. The van der Waals surface area contributed by atoms with Gasteiger partial charge in [-0.25, -0.2) is 12.7 Å². The molecule has 0 spiro atoms. The molecule has 0 aliphatic carbocycles. The van der Waals surface area contributed by atoms with E-state index in [9.17, 15) is 13.2 Å². The predicted molar refractivity (Wildman–Crippen MR) is 97.4 cm³/mol. The Morgan fingerprint density at radius 3 is 2.52 bits per heavy atom. The molecule has 1 N–H and O–H groups in total. The molecular weight excluding hydrogens is 340 g/mol. The Kier molecular flexibility index (Phi) is 6.98. The molecule has 140 valence electrons. The highest BCUT2D eigenvalue weighted by Crippen LogP contribution is 2.19. The van der Waals surface area contributed by atoms with E-state index in [0.717, 1.165) is 11.1 Å². The highest BCUT2D eigenvalue weighted by atomic mass is 32.2. The Morgan fingerprint density at radius 1 is 1.28 bits per heavy atom. The fraction of sp³-hybridized carbons (Fsp3) is 0.611. The number of rotatable bonds is 7. The average molecular weight is 368 g/mol. The van der Waals surface area contributed by atoms with Crippen LogP contribution in [-0.2, 0) is 32.7 Å². The zero-order chi connectivity index (χ0) is 18.4. The molecule has 6 nitrogen and oxygen atoms in total. The number of carbonyl (C=O) groups is 1. The van der Waals surface area contributed by atoms with Crippen LogP contribution in [0.5, 0.6) is 0 Å². The maximum atomic E-state index is 12.3. The summed E-state index contributed by atoms with van der Waals surface area (Å²) in [6.07, 6.45) is 2.53. The van der Waals surface area contributed by atoms with Gasteiger partial charge in [0.2, 0.25) is 15.9 Å². The number of benzene rings is 1. The highest BCUT2D eigenvalue weighted by molar-refractivity contribution is 7.88. The summed E-state index contributed by atoms with van der Waals surface area (Å²) in [5.74, 6) is -0.123. The van der Waals surface area contributed by atoms with Gasteiger partial charge in [0.05, 0.1) is 19.0 Å². The van der Waals surface area contributed by atoms with Crippen molar-refractivity contribution in [2.45, 2.75) is 45.9 Å². The third kappa shape index (κ3) is 6.41. The Labute approximate surface area is 150 Å². The van der Waals surface area contributed by atoms with Gasteiger partial charge in [-0.1, -0.05) is 24.3 Å². The quantitative estimate of drug-likeness (QED) is 0.798. The van der Waals surface area contributed by atoms with Crippen molar-refractivity contribution in [3.63, 3.8) is 0 Å². The minimum Gasteiger partial charge on any atom is -0.374 e. The van der Waals surface area contributed by atoms with Gasteiger partial charge < -0.3 is 10.1 Å². The molecular formula is C18H28N2O4S. The fourth-order valence-electron chi connectivity index (χ4n) is 2.88. The second-order valence-corrected chi connectivity index (χ2v) is 8.82. The molecule has 0 aromatic heterocycles. The molecule has 0 bridgehead atoms. The van der Waals surface area contributed by atoms with E-state index in [0.29, 0.717) is 39.1 Å². The summed E-state index contributed by atoms with van der Waals surface area (Å²) in [7, 11) is -3.16. The number of amides is 1. The van der Waals surface area contributed by atoms with Gasteiger partial charge in [0.25, 0.3) is 0 Å². The summed E-state index contributed by atoms with van der Waals surface area (Å²) >= 11 is 0. The van der Waals surface area contributed by atoms with E-state index in [-0.39, 0.29) is 17.9 Å². The second-order valence-electron chi connectivity index (χ2n) is 6.83. The second kappa shape index (κ2) is 8.78. The number of ether oxygens (including phenoxy) is 1. The molecule has 0 saturated carbocycles. The van der Waals surface area contributed by atoms with Crippen molar-refractivity contribution in [1.82, 2.24) is 9.62 Å². The minimum absolute atomic E-state index is 0.00279. The van der Waals surface area contributed by atoms with Crippen molar-refractivity contribution in [2.75, 3.05) is 19.3 Å². The van der Waals surface area contributed by atoms with Gasteiger partial charge in [0, 0.05) is 25.6 Å². The van der Waals surface area contributed by atoms with Crippen molar-refractivity contribution < 1.29 is 17.9 Å². The van der Waals surface area contributed by atoms with Gasteiger partial charge in [-0.15, -0.1) is 0 Å². The predicted octanol–water partition coefficient (Wildman–Crippen LogP) is 1.90. The Balaban J connectivity index is 1.81. The van der Waals surface area contributed by atoms with Crippen LogP contribution in [0.3, 0.4) is 0 Å². The molecule has 1 aliphatic heterocycles. The lowest BCUT2D eigenvalue weighted by Gasteiger charge is -2.29. The monoisotopic (exact) mass is 368 g/mol. The van der Waals surface area contributed by atoms with Crippen molar-refractivity contribution in [1.29, 1.82) is 0 Å². The number of hydrogen-bond donors (Lipinski definition) is 1. The number of hydrogen-bond acceptors (Lipinski definition) is 4. The van der Waals surface area contributed by atoms with Crippen LogP contribution < -0.4 is 5.32 Å². The highest BCUT2D eigenvalue weighted by Gasteiger charge is 2.28. The SMILES string of the molecule is CC(C)OCc1cccc(CNC(=O)C2CCN(S(C)(=O)=O)CC2)c1. The third-order valence-electron chi connectivity index (χ3n) is 4.34. The van der Waals surface area contributed by atoms with E-state index in [2.05, 4.69) is 5.32 Å². The maximum absolute atomic E-state index is 12.3. The van der Waals surface area contributed by atoms with Crippen molar-refractivity contribution in [2.24, 2.45) is 5.92 Å². The molecule has 1 aromatic carbocycles. The lowest BCUT2D eigenvalue weighted by molar-refractivity contribution is -0.126. The molecule has 2 rings (SSSR count). The van der Waals surface area contributed by atoms with Crippen LogP contribution >= 0.6 is 0 Å². The third-order valence-corrected chi connectivity index (χ3v) is 5.64. The molecule has 1 fully saturated rings. The van der Waals surface area contributed by atoms with Crippen molar-refractivity contribution in [3.05, 3.63) is 35.4 Å². The van der Waals surface area contributed by atoms with Gasteiger partial charge in [-0.3, -0.25) is 4.79 Å². The number of sulfonamides is 1. The van der Waals surface area contributed by atoms with E-state index >= 15 is 0 Å². The van der Waals surface area contributed by atoms with Gasteiger partial charge in [-0.2, -0.15) is 0 Å². The molecule has 25 heavy (non-hydrogen) atoms. The smallest absolute Gasteiger partial charge is 0.223 e. The van der Waals surface area contributed by atoms with Crippen LogP contribution in [-0.4, -0.2) is 44.1 Å². The van der Waals surface area contributed by atoms with Crippen LogP contribution in [0.4, 0.5) is 0 Å². The van der Waals surface area contributed by atoms with Gasteiger partial charge in [0.15, 0.2) is 0 Å². The molecule has 1 heterocycles. The maximum Gasteiger partial charge on any atom is 0.223 e. The number of nitrogens with one attached hydrogen (secondary N) is 1. The Hall–Kier alpha value is -1.44. The zero-order valence-corrected chi connectivity index (χ0v) is 16.0. The van der Waals surface area contributed by atoms with E-state index in [1.165, 1.54) is 10.6 Å². The van der Waals surface area contributed by atoms with Crippen LogP contribution in [0.15, 0.2) is 24.3 Å². The molecule has 0 radical (unpaired) electrons. The van der Waals surface area contributed by atoms with Crippen LogP contribution in [0.1, 0.15) is 37.8 Å². The Morgan fingerprint density at radius 2 is 1.92 bits per heavy atom. The minimum atomic E-state index is -3.16. The van der Waals surface area contributed by atoms with Gasteiger partial charge >= 0.3 is 0 Å². The average Bonchev–Trinajstić information content (AvgIpc) is 2.57. The van der Waals surface area contributed by atoms with Gasteiger partial charge in [0.1, 0.15) is 0 Å². The van der Waals surface area contributed by atoms with Crippen LogP contribution in [0, 0.1) is 5.92 Å². The first-order valence-electron chi connectivity index (χ1n) is 8.68. The van der Waals surface area contributed by atoms with E-state index in [1.807, 2.05) is 38.1 Å². The summed E-state index contributed by atoms with van der Waals surface area (Å²) in [6, 6.07) is 7.99. The van der Waals surface area contributed by atoms with Crippen LogP contribution in [0.25, 0.3) is 0 Å². The Bertz CT molecular complexity index is 680. The van der Waals surface area contributed by atoms with Crippen molar-refractivity contribution in [3.8, 4) is 0 Å². The van der Waals surface area contributed by atoms with E-state index in [4.69, 9.17) is 4.74 Å². The van der Waals surface area contributed by atoms with Crippen LogP contribution in [0.2, 0.25) is 0 Å². The lowest BCUT2D eigenvalue weighted by Crippen LogP contribution is -2.42. The molecule has 1 aromatic rings. The summed E-state index contributed by atoms with van der Waals surface area (Å²) in [5, 5.41) is 2.97. The van der Waals surface area contributed by atoms with Crippen molar-refractivity contribution >= 4 is 15.9 Å². The molecule has 0 unspecified atom stereocenters. The van der Waals surface area contributed by atoms with Gasteiger partial charge in [-0.05, 0) is 37.8 Å². The zero-order valence-electron chi connectivity index (χ0n) is 15.2. The van der Waals surface area contributed by atoms with E-state index < -0.39 is 10.0 Å². The lowest BCUT2D eigenvalue weighted by atomic mass is 9.97. The first-order valence-corrected chi connectivity index (χ1v) is 10.5. The molecule has 1 aliphatic rings. The normalized spacial score (nSPS) is 17.0. The topological polar surface area (TPSA) is 75.7 Å². The molecule has 1 amide bonds. The molecule has 7 heteroatoms. The summed E-state index contributed by atoms with van der Waals surface area (Å²) < 4.78 is 30.1. The summed E-state index contributed by atoms with van der Waals surface area (Å²) in [4.78, 5) is 12.3. The molecule has 0 atom stereocenters. The number of nitrogens with zero attached hydrogens (tertiary/aromatic N) is 1. The fourth-order valence-corrected chi connectivity index (χ4v) is 3.75. The number of piperidine rings is 1. The largest absolute Gasteiger partial charge is 0.374 e.